The maximum atomic E-state index is 13.8. The number of hydrogen-bond donors (Lipinski definition) is 0. The molecule has 1 aliphatic heterocycles. The summed E-state index contributed by atoms with van der Waals surface area (Å²) in [6, 6.07) is 7.22. The molecule has 6 nitrogen and oxygen atoms in total. The zero-order chi connectivity index (χ0) is 21.8. The molecule has 4 rings (SSSR count). The average molecular weight is 456 g/mol. The van der Waals surface area contributed by atoms with Crippen molar-refractivity contribution in [3.8, 4) is 11.4 Å². The van der Waals surface area contributed by atoms with Crippen molar-refractivity contribution in [2.75, 3.05) is 6.54 Å². The van der Waals surface area contributed by atoms with Crippen LogP contribution in [0.5, 0.6) is 0 Å². The second-order valence-electron chi connectivity index (χ2n) is 7.78. The van der Waals surface area contributed by atoms with Gasteiger partial charge in [-0.3, -0.25) is 4.79 Å². The lowest BCUT2D eigenvalue weighted by Crippen LogP contribution is -2.48. The highest BCUT2D eigenvalue weighted by atomic mass is 35.5. The Balaban J connectivity index is 1.62. The third kappa shape index (κ3) is 4.86. The molecule has 0 unspecified atom stereocenters. The molecule has 1 saturated heterocycles. The fourth-order valence-corrected chi connectivity index (χ4v) is 4.55. The van der Waals surface area contributed by atoms with Crippen molar-refractivity contribution in [1.82, 2.24) is 24.8 Å². The van der Waals surface area contributed by atoms with Gasteiger partial charge in [0.05, 0.1) is 15.6 Å². The van der Waals surface area contributed by atoms with Crippen LogP contribution >= 0.6 is 23.2 Å². The zero-order valence-electron chi connectivity index (χ0n) is 17.2. The first-order valence-corrected chi connectivity index (χ1v) is 11.1. The van der Waals surface area contributed by atoms with Crippen LogP contribution in [0, 0.1) is 5.92 Å². The van der Waals surface area contributed by atoms with E-state index in [4.69, 9.17) is 23.2 Å². The second-order valence-corrected chi connectivity index (χ2v) is 8.62. The first-order chi connectivity index (χ1) is 15.0. The molecule has 1 aliphatic rings. The molecule has 0 N–H and O–H groups in total. The Morgan fingerprint density at radius 2 is 1.84 bits per heavy atom. The van der Waals surface area contributed by atoms with Gasteiger partial charge in [-0.1, -0.05) is 42.3 Å². The van der Waals surface area contributed by atoms with Gasteiger partial charge in [-0.05, 0) is 37.3 Å². The van der Waals surface area contributed by atoms with Crippen molar-refractivity contribution in [3.63, 3.8) is 0 Å². The van der Waals surface area contributed by atoms with Gasteiger partial charge in [-0.2, -0.15) is 0 Å². The van der Waals surface area contributed by atoms with Crippen molar-refractivity contribution < 1.29 is 4.79 Å². The fourth-order valence-electron chi connectivity index (χ4n) is 4.20. The van der Waals surface area contributed by atoms with Gasteiger partial charge in [0, 0.05) is 49.4 Å². The van der Waals surface area contributed by atoms with Crippen molar-refractivity contribution >= 4 is 29.1 Å². The van der Waals surface area contributed by atoms with Crippen LogP contribution in [0.2, 0.25) is 10.0 Å². The monoisotopic (exact) mass is 455 g/mol. The number of likely N-dealkylation sites (tertiary alicyclic amines) is 1. The number of piperidine rings is 1. The van der Waals surface area contributed by atoms with Crippen LogP contribution in [-0.2, 0) is 6.42 Å². The van der Waals surface area contributed by atoms with Gasteiger partial charge in [0.1, 0.15) is 5.82 Å². The van der Waals surface area contributed by atoms with Gasteiger partial charge in [-0.15, -0.1) is 0 Å². The number of benzene rings is 1. The lowest BCUT2D eigenvalue weighted by atomic mass is 9.87. The number of carbonyl (C=O) groups excluding carboxylic acids is 1. The molecular weight excluding hydrogens is 433 g/mol. The van der Waals surface area contributed by atoms with Gasteiger partial charge in [0.2, 0.25) is 0 Å². The van der Waals surface area contributed by atoms with Crippen LogP contribution in [0.4, 0.5) is 0 Å². The Morgan fingerprint density at radius 3 is 2.58 bits per heavy atom. The van der Waals surface area contributed by atoms with Gasteiger partial charge in [0.15, 0.2) is 5.82 Å². The van der Waals surface area contributed by atoms with E-state index in [0.717, 1.165) is 25.1 Å². The highest BCUT2D eigenvalue weighted by molar-refractivity contribution is 6.34. The maximum absolute atomic E-state index is 13.8. The Bertz CT molecular complexity index is 1050. The van der Waals surface area contributed by atoms with E-state index in [1.165, 1.54) is 0 Å². The van der Waals surface area contributed by atoms with E-state index in [2.05, 4.69) is 26.9 Å². The Kier molecular flexibility index (Phi) is 6.78. The molecule has 2 aromatic heterocycles. The van der Waals surface area contributed by atoms with E-state index in [1.807, 2.05) is 17.0 Å². The van der Waals surface area contributed by atoms with E-state index < -0.39 is 0 Å². The summed E-state index contributed by atoms with van der Waals surface area (Å²) < 4.78 is 0. The van der Waals surface area contributed by atoms with Gasteiger partial charge >= 0.3 is 0 Å². The first kappa shape index (κ1) is 21.7. The molecule has 0 radical (unpaired) electrons. The highest BCUT2D eigenvalue weighted by Gasteiger charge is 2.34. The summed E-state index contributed by atoms with van der Waals surface area (Å²) in [5.41, 5.74) is 1.10. The maximum Gasteiger partial charge on any atom is 0.256 e. The number of aromatic nitrogens is 4. The molecule has 3 aromatic rings. The summed E-state index contributed by atoms with van der Waals surface area (Å²) >= 11 is 12.4. The lowest BCUT2D eigenvalue weighted by molar-refractivity contribution is 0.0499. The fraction of sp³-hybridized carbons (Fsp3) is 0.348. The molecule has 1 aromatic carbocycles. The SMILES string of the molecule is C[C@@H]1CCCN(C(=O)c2c(Cl)cccc2-c2ncccn2)[C@@H]1CCc1ncc(Cl)cn1. The van der Waals surface area contributed by atoms with Gasteiger partial charge in [-0.25, -0.2) is 19.9 Å². The smallest absolute Gasteiger partial charge is 0.256 e. The standard InChI is InChI=1S/C23H23Cl2N5O/c1-15-5-3-12-30(19(15)8-9-20-28-13-16(24)14-29-20)23(31)21-17(6-2-7-18(21)25)22-26-10-4-11-27-22/h2,4,6-7,10-11,13-15,19H,3,5,8-9,12H2,1H3/t15-,19-/m1/s1. The average Bonchev–Trinajstić information content (AvgIpc) is 2.79. The summed E-state index contributed by atoms with van der Waals surface area (Å²) in [4.78, 5) is 33.0. The summed E-state index contributed by atoms with van der Waals surface area (Å²) in [5.74, 6) is 1.50. The third-order valence-corrected chi connectivity index (χ3v) is 6.26. The van der Waals surface area contributed by atoms with E-state index in [-0.39, 0.29) is 11.9 Å². The quantitative estimate of drug-likeness (QED) is 0.533. The van der Waals surface area contributed by atoms with Crippen molar-refractivity contribution in [2.24, 2.45) is 5.92 Å². The van der Waals surface area contributed by atoms with E-state index >= 15 is 0 Å². The predicted octanol–water partition coefficient (Wildman–Crippen LogP) is 5.11. The van der Waals surface area contributed by atoms with E-state index in [1.54, 1.807) is 36.9 Å². The van der Waals surface area contributed by atoms with Crippen molar-refractivity contribution in [2.45, 2.75) is 38.6 Å². The summed E-state index contributed by atoms with van der Waals surface area (Å²) in [7, 11) is 0. The lowest BCUT2D eigenvalue weighted by Gasteiger charge is -2.40. The van der Waals surface area contributed by atoms with Gasteiger partial charge < -0.3 is 4.90 Å². The van der Waals surface area contributed by atoms with Crippen LogP contribution in [0.25, 0.3) is 11.4 Å². The summed E-state index contributed by atoms with van der Waals surface area (Å²) in [6.45, 7) is 2.89. The minimum absolute atomic E-state index is 0.0707. The Labute approximate surface area is 191 Å². The zero-order valence-corrected chi connectivity index (χ0v) is 18.7. The van der Waals surface area contributed by atoms with Crippen molar-refractivity contribution in [1.29, 1.82) is 0 Å². The number of amides is 1. The molecule has 31 heavy (non-hydrogen) atoms. The number of aryl methyl sites for hydroxylation is 1. The Hall–Kier alpha value is -2.57. The van der Waals surface area contributed by atoms with Gasteiger partial charge in [0.25, 0.3) is 5.91 Å². The molecule has 0 bridgehead atoms. The molecule has 1 fully saturated rings. The molecule has 8 heteroatoms. The normalized spacial score (nSPS) is 18.7. The molecular formula is C23H23Cl2N5O. The molecule has 1 amide bonds. The van der Waals surface area contributed by atoms with Crippen LogP contribution in [0.15, 0.2) is 49.1 Å². The minimum Gasteiger partial charge on any atom is -0.335 e. The largest absolute Gasteiger partial charge is 0.335 e. The molecule has 3 heterocycles. The summed E-state index contributed by atoms with van der Waals surface area (Å²) in [6.07, 6.45) is 10.0. The Morgan fingerprint density at radius 1 is 1.10 bits per heavy atom. The molecule has 0 aliphatic carbocycles. The molecule has 160 valence electrons. The third-order valence-electron chi connectivity index (χ3n) is 5.75. The topological polar surface area (TPSA) is 71.9 Å². The predicted molar refractivity (Wildman–Crippen MR) is 121 cm³/mol. The number of rotatable bonds is 5. The van der Waals surface area contributed by atoms with Crippen LogP contribution < -0.4 is 0 Å². The van der Waals surface area contributed by atoms with E-state index in [0.29, 0.717) is 45.9 Å². The number of nitrogens with zero attached hydrogens (tertiary/aromatic N) is 5. The molecule has 0 saturated carbocycles. The second kappa shape index (κ2) is 9.71. The molecule has 2 atom stereocenters. The van der Waals surface area contributed by atoms with Crippen molar-refractivity contribution in [3.05, 3.63) is 70.5 Å². The number of halogens is 2. The minimum atomic E-state index is -0.0818. The number of carbonyl (C=O) groups is 1. The van der Waals surface area contributed by atoms with E-state index in [9.17, 15) is 4.79 Å². The van der Waals surface area contributed by atoms with Crippen LogP contribution in [-0.4, -0.2) is 43.3 Å². The van der Waals surface area contributed by atoms with Crippen LogP contribution in [0.1, 0.15) is 42.4 Å². The number of hydrogen-bond acceptors (Lipinski definition) is 5. The first-order valence-electron chi connectivity index (χ1n) is 10.4. The van der Waals surface area contributed by atoms with Crippen LogP contribution in [0.3, 0.4) is 0 Å². The summed E-state index contributed by atoms with van der Waals surface area (Å²) in [5, 5.41) is 0.925. The highest BCUT2D eigenvalue weighted by Crippen LogP contribution is 2.33. The molecule has 0 spiro atoms.